The van der Waals surface area contributed by atoms with Gasteiger partial charge in [0.25, 0.3) is 5.91 Å². The molecule has 1 saturated heterocycles. The van der Waals surface area contributed by atoms with Crippen LogP contribution in [-0.4, -0.2) is 44.8 Å². The van der Waals surface area contributed by atoms with Gasteiger partial charge in [-0.3, -0.25) is 14.3 Å². The first kappa shape index (κ1) is 14.8. The molecule has 0 radical (unpaired) electrons. The average Bonchev–Trinajstić information content (AvgIpc) is 3.17. The Labute approximate surface area is 132 Å². The minimum absolute atomic E-state index is 0.0657. The van der Waals surface area contributed by atoms with Crippen molar-refractivity contribution in [3.05, 3.63) is 40.3 Å². The number of rotatable bonds is 4. The number of nitrogens with zero attached hydrogens (tertiary/aromatic N) is 3. The van der Waals surface area contributed by atoms with Gasteiger partial charge in [-0.2, -0.15) is 16.4 Å². The van der Waals surface area contributed by atoms with Crippen LogP contribution in [0.4, 0.5) is 0 Å². The van der Waals surface area contributed by atoms with Crippen molar-refractivity contribution in [3.63, 3.8) is 0 Å². The number of carboxylic acid groups (broad SMARTS) is 1. The van der Waals surface area contributed by atoms with Crippen molar-refractivity contribution in [1.82, 2.24) is 14.7 Å². The van der Waals surface area contributed by atoms with Crippen LogP contribution >= 0.6 is 11.3 Å². The molecule has 0 aromatic carbocycles. The molecule has 0 bridgehead atoms. The molecule has 116 valence electrons. The van der Waals surface area contributed by atoms with Crippen LogP contribution in [0.15, 0.2) is 29.1 Å². The standard InChI is InChI=1S/C15H17N3O3S/c19-14(20)9-18-6-3-13(16-18)11-2-1-5-17(8-11)15(21)12-4-7-22-10-12/h3-4,6-7,10-11H,1-2,5,8-9H2,(H,19,20)/t11-/m1/s1. The number of piperidine rings is 1. The van der Waals surface area contributed by atoms with E-state index in [1.807, 2.05) is 27.8 Å². The molecule has 1 aliphatic rings. The number of hydrogen-bond donors (Lipinski definition) is 1. The molecule has 6 nitrogen and oxygen atoms in total. The normalized spacial score (nSPS) is 18.4. The van der Waals surface area contributed by atoms with E-state index in [0.717, 1.165) is 30.6 Å². The van der Waals surface area contributed by atoms with E-state index >= 15 is 0 Å². The van der Waals surface area contributed by atoms with Crippen molar-refractivity contribution in [2.45, 2.75) is 25.3 Å². The number of aromatic nitrogens is 2. The van der Waals surface area contributed by atoms with Crippen LogP contribution in [0.3, 0.4) is 0 Å². The topological polar surface area (TPSA) is 75.4 Å². The molecule has 0 unspecified atom stereocenters. The van der Waals surface area contributed by atoms with Gasteiger partial charge in [0, 0.05) is 30.6 Å². The molecule has 2 aromatic heterocycles. The zero-order chi connectivity index (χ0) is 15.5. The van der Waals surface area contributed by atoms with Crippen LogP contribution in [0, 0.1) is 0 Å². The summed E-state index contributed by atoms with van der Waals surface area (Å²) >= 11 is 1.52. The van der Waals surface area contributed by atoms with E-state index in [0.29, 0.717) is 6.54 Å². The van der Waals surface area contributed by atoms with E-state index in [1.165, 1.54) is 16.0 Å². The second-order valence-corrected chi connectivity index (χ2v) is 6.21. The van der Waals surface area contributed by atoms with Crippen molar-refractivity contribution >= 4 is 23.2 Å². The van der Waals surface area contributed by atoms with Crippen LogP contribution < -0.4 is 0 Å². The molecule has 1 aliphatic heterocycles. The molecular formula is C15H17N3O3S. The van der Waals surface area contributed by atoms with Crippen LogP contribution in [0.25, 0.3) is 0 Å². The van der Waals surface area contributed by atoms with Gasteiger partial charge in [-0.25, -0.2) is 0 Å². The van der Waals surface area contributed by atoms with E-state index < -0.39 is 5.97 Å². The van der Waals surface area contributed by atoms with Crippen molar-refractivity contribution in [1.29, 1.82) is 0 Å². The van der Waals surface area contributed by atoms with Gasteiger partial charge in [0.05, 0.1) is 11.3 Å². The predicted octanol–water partition coefficient (Wildman–Crippen LogP) is 2.05. The fourth-order valence-corrected chi connectivity index (χ4v) is 3.42. The molecule has 0 spiro atoms. The predicted molar refractivity (Wildman–Crippen MR) is 82.1 cm³/mol. The monoisotopic (exact) mass is 319 g/mol. The van der Waals surface area contributed by atoms with E-state index in [4.69, 9.17) is 5.11 Å². The quantitative estimate of drug-likeness (QED) is 0.936. The summed E-state index contributed by atoms with van der Waals surface area (Å²) in [5.74, 6) is -0.671. The minimum atomic E-state index is -0.910. The minimum Gasteiger partial charge on any atom is -0.480 e. The molecule has 3 rings (SSSR count). The second-order valence-electron chi connectivity index (χ2n) is 5.43. The third-order valence-corrected chi connectivity index (χ3v) is 4.54. The Balaban J connectivity index is 1.69. The van der Waals surface area contributed by atoms with Crippen molar-refractivity contribution < 1.29 is 14.7 Å². The molecule has 0 saturated carbocycles. The van der Waals surface area contributed by atoms with Gasteiger partial charge in [-0.15, -0.1) is 0 Å². The molecule has 1 atom stereocenters. The summed E-state index contributed by atoms with van der Waals surface area (Å²) in [5.41, 5.74) is 1.60. The summed E-state index contributed by atoms with van der Waals surface area (Å²) in [6.45, 7) is 1.27. The molecule has 1 N–H and O–H groups in total. The number of aliphatic carboxylic acids is 1. The SMILES string of the molecule is O=C(O)Cn1ccc([C@@H]2CCCN(C(=O)c3ccsc3)C2)n1. The highest BCUT2D eigenvalue weighted by Gasteiger charge is 2.27. The molecule has 22 heavy (non-hydrogen) atoms. The number of carboxylic acids is 1. The second kappa shape index (κ2) is 6.31. The lowest BCUT2D eigenvalue weighted by Crippen LogP contribution is -2.39. The number of amides is 1. The van der Waals surface area contributed by atoms with Crippen LogP contribution in [0.1, 0.15) is 34.8 Å². The number of carbonyl (C=O) groups excluding carboxylic acids is 1. The summed E-state index contributed by atoms with van der Waals surface area (Å²) in [5, 5.41) is 16.9. The van der Waals surface area contributed by atoms with Gasteiger partial charge in [-0.05, 0) is 30.4 Å². The number of thiophene rings is 1. The van der Waals surface area contributed by atoms with E-state index in [2.05, 4.69) is 5.10 Å². The van der Waals surface area contributed by atoms with Crippen molar-refractivity contribution in [2.75, 3.05) is 13.1 Å². The van der Waals surface area contributed by atoms with Crippen molar-refractivity contribution in [2.24, 2.45) is 0 Å². The third kappa shape index (κ3) is 3.19. The molecule has 1 fully saturated rings. The van der Waals surface area contributed by atoms with E-state index in [1.54, 1.807) is 6.20 Å². The summed E-state index contributed by atoms with van der Waals surface area (Å²) < 4.78 is 1.43. The lowest BCUT2D eigenvalue weighted by molar-refractivity contribution is -0.137. The molecule has 3 heterocycles. The highest BCUT2D eigenvalue weighted by molar-refractivity contribution is 7.08. The van der Waals surface area contributed by atoms with Gasteiger partial charge in [0.15, 0.2) is 0 Å². The maximum atomic E-state index is 12.4. The van der Waals surface area contributed by atoms with E-state index in [-0.39, 0.29) is 18.4 Å². The number of likely N-dealkylation sites (tertiary alicyclic amines) is 1. The molecule has 7 heteroatoms. The Morgan fingerprint density at radius 1 is 1.41 bits per heavy atom. The highest BCUT2D eigenvalue weighted by Crippen LogP contribution is 2.26. The Morgan fingerprint density at radius 3 is 3.00 bits per heavy atom. The van der Waals surface area contributed by atoms with Crippen molar-refractivity contribution in [3.8, 4) is 0 Å². The van der Waals surface area contributed by atoms with Gasteiger partial charge in [0.1, 0.15) is 6.54 Å². The Bertz CT molecular complexity index is 665. The first-order valence-corrected chi connectivity index (χ1v) is 8.14. The van der Waals surface area contributed by atoms with Gasteiger partial charge >= 0.3 is 5.97 Å². The zero-order valence-corrected chi connectivity index (χ0v) is 12.8. The summed E-state index contributed by atoms with van der Waals surface area (Å²) in [4.78, 5) is 25.0. The third-order valence-electron chi connectivity index (χ3n) is 3.85. The maximum absolute atomic E-state index is 12.4. The number of hydrogen-bond acceptors (Lipinski definition) is 4. The zero-order valence-electron chi connectivity index (χ0n) is 12.0. The maximum Gasteiger partial charge on any atom is 0.325 e. The van der Waals surface area contributed by atoms with Gasteiger partial charge < -0.3 is 10.0 Å². The highest BCUT2D eigenvalue weighted by atomic mass is 32.1. The Morgan fingerprint density at radius 2 is 2.27 bits per heavy atom. The largest absolute Gasteiger partial charge is 0.480 e. The van der Waals surface area contributed by atoms with Gasteiger partial charge in [-0.1, -0.05) is 0 Å². The lowest BCUT2D eigenvalue weighted by Gasteiger charge is -2.31. The molecule has 1 amide bonds. The van der Waals surface area contributed by atoms with E-state index in [9.17, 15) is 9.59 Å². The summed E-state index contributed by atoms with van der Waals surface area (Å²) in [6.07, 6.45) is 3.59. The Hall–Kier alpha value is -2.15. The Kier molecular flexibility index (Phi) is 4.24. The fraction of sp³-hybridized carbons (Fsp3) is 0.400. The van der Waals surface area contributed by atoms with Crippen LogP contribution in [0.5, 0.6) is 0 Å². The lowest BCUT2D eigenvalue weighted by atomic mass is 9.94. The fourth-order valence-electron chi connectivity index (χ4n) is 2.79. The number of carbonyl (C=O) groups is 2. The molecule has 2 aromatic rings. The summed E-state index contributed by atoms with van der Waals surface area (Å²) in [7, 11) is 0. The first-order chi connectivity index (χ1) is 10.6. The first-order valence-electron chi connectivity index (χ1n) is 7.20. The van der Waals surface area contributed by atoms with Crippen LogP contribution in [0.2, 0.25) is 0 Å². The van der Waals surface area contributed by atoms with Gasteiger partial charge in [0.2, 0.25) is 0 Å². The molecule has 0 aliphatic carbocycles. The summed E-state index contributed by atoms with van der Waals surface area (Å²) in [6, 6.07) is 3.70. The smallest absolute Gasteiger partial charge is 0.325 e. The average molecular weight is 319 g/mol. The molecular weight excluding hydrogens is 302 g/mol. The van der Waals surface area contributed by atoms with Crippen LogP contribution in [-0.2, 0) is 11.3 Å².